The average Bonchev–Trinajstić information content (AvgIpc) is 2.65. The zero-order valence-electron chi connectivity index (χ0n) is 10.8. The zero-order valence-corrected chi connectivity index (χ0v) is 10.8. The van der Waals surface area contributed by atoms with Crippen molar-refractivity contribution >= 4 is 5.91 Å². The molecule has 2 aliphatic rings. The zero-order chi connectivity index (χ0) is 12.5. The van der Waals surface area contributed by atoms with E-state index in [1.165, 1.54) is 19.4 Å². The number of hydrogen-bond donors (Lipinski definition) is 0. The summed E-state index contributed by atoms with van der Waals surface area (Å²) in [6, 6.07) is 2.64. The van der Waals surface area contributed by atoms with E-state index in [2.05, 4.69) is 11.0 Å². The Morgan fingerprint density at radius 3 is 2.71 bits per heavy atom. The quantitative estimate of drug-likeness (QED) is 0.687. The van der Waals surface area contributed by atoms with Crippen molar-refractivity contribution in [1.29, 1.82) is 5.26 Å². The molecular formula is C13H21N3O. The predicted molar refractivity (Wildman–Crippen MR) is 65.2 cm³/mol. The maximum Gasteiger partial charge on any atom is 0.242 e. The lowest BCUT2D eigenvalue weighted by atomic mass is 9.93. The van der Waals surface area contributed by atoms with Crippen LogP contribution < -0.4 is 0 Å². The molecule has 0 aliphatic carbocycles. The molecule has 2 rings (SSSR count). The maximum absolute atomic E-state index is 12.3. The Bertz CT molecular complexity index is 345. The molecule has 4 nitrogen and oxygen atoms in total. The van der Waals surface area contributed by atoms with E-state index >= 15 is 0 Å². The summed E-state index contributed by atoms with van der Waals surface area (Å²) in [4.78, 5) is 16.7. The van der Waals surface area contributed by atoms with Gasteiger partial charge in [-0.15, -0.1) is 0 Å². The second kappa shape index (κ2) is 4.66. The Morgan fingerprint density at radius 2 is 2.00 bits per heavy atom. The number of carbonyl (C=O) groups excluding carboxylic acids is 1. The molecule has 17 heavy (non-hydrogen) atoms. The van der Waals surface area contributed by atoms with Crippen LogP contribution in [0.25, 0.3) is 0 Å². The first-order valence-electron chi connectivity index (χ1n) is 6.49. The lowest BCUT2D eigenvalue weighted by Crippen LogP contribution is -2.44. The van der Waals surface area contributed by atoms with E-state index < -0.39 is 5.41 Å². The summed E-state index contributed by atoms with van der Waals surface area (Å²) in [7, 11) is 0. The molecule has 0 radical (unpaired) electrons. The van der Waals surface area contributed by atoms with Crippen molar-refractivity contribution in [3.05, 3.63) is 0 Å². The maximum atomic E-state index is 12.3. The molecule has 94 valence electrons. The van der Waals surface area contributed by atoms with Gasteiger partial charge < -0.3 is 4.90 Å². The summed E-state index contributed by atoms with van der Waals surface area (Å²) in [5, 5.41) is 9.04. The molecule has 2 heterocycles. The molecule has 0 N–H and O–H groups in total. The molecule has 4 heteroatoms. The number of rotatable bonds is 1. The average molecular weight is 235 g/mol. The summed E-state index contributed by atoms with van der Waals surface area (Å²) in [6.07, 6.45) is 3.47. The Labute approximate surface area is 103 Å². The van der Waals surface area contributed by atoms with Crippen molar-refractivity contribution in [2.45, 2.75) is 39.2 Å². The Hall–Kier alpha value is -1.08. The Balaban J connectivity index is 2.07. The molecular weight excluding hydrogens is 214 g/mol. The van der Waals surface area contributed by atoms with Crippen molar-refractivity contribution in [1.82, 2.24) is 9.80 Å². The second-order valence-corrected chi connectivity index (χ2v) is 5.67. The molecule has 0 spiro atoms. The van der Waals surface area contributed by atoms with E-state index in [0.717, 1.165) is 26.1 Å². The first-order valence-corrected chi connectivity index (χ1v) is 6.49. The van der Waals surface area contributed by atoms with Gasteiger partial charge in [0.05, 0.1) is 6.07 Å². The van der Waals surface area contributed by atoms with Crippen LogP contribution in [0.5, 0.6) is 0 Å². The number of carbonyl (C=O) groups is 1. The van der Waals surface area contributed by atoms with Gasteiger partial charge in [0, 0.05) is 25.7 Å². The van der Waals surface area contributed by atoms with Gasteiger partial charge in [-0.05, 0) is 39.7 Å². The minimum absolute atomic E-state index is 0.00579. The van der Waals surface area contributed by atoms with Crippen molar-refractivity contribution in [2.24, 2.45) is 5.41 Å². The molecule has 1 unspecified atom stereocenters. The van der Waals surface area contributed by atoms with Crippen LogP contribution in [0.2, 0.25) is 0 Å². The molecule has 1 amide bonds. The summed E-state index contributed by atoms with van der Waals surface area (Å²) >= 11 is 0. The van der Waals surface area contributed by atoms with Crippen molar-refractivity contribution in [2.75, 3.05) is 26.2 Å². The summed E-state index contributed by atoms with van der Waals surface area (Å²) in [5.74, 6) is -0.00579. The van der Waals surface area contributed by atoms with E-state index in [9.17, 15) is 4.79 Å². The van der Waals surface area contributed by atoms with Crippen LogP contribution in [0.1, 0.15) is 33.1 Å². The van der Waals surface area contributed by atoms with Gasteiger partial charge in [0.1, 0.15) is 5.41 Å². The highest BCUT2D eigenvalue weighted by atomic mass is 16.2. The lowest BCUT2D eigenvalue weighted by Gasteiger charge is -2.29. The van der Waals surface area contributed by atoms with E-state index in [1.54, 1.807) is 13.8 Å². The van der Waals surface area contributed by atoms with Crippen LogP contribution in [-0.4, -0.2) is 47.9 Å². The van der Waals surface area contributed by atoms with Gasteiger partial charge >= 0.3 is 0 Å². The second-order valence-electron chi connectivity index (χ2n) is 5.67. The molecule has 2 fully saturated rings. The summed E-state index contributed by atoms with van der Waals surface area (Å²) < 4.78 is 0. The highest BCUT2D eigenvalue weighted by molar-refractivity contribution is 5.84. The Kier molecular flexibility index (Phi) is 3.39. The third-order valence-electron chi connectivity index (χ3n) is 3.90. The van der Waals surface area contributed by atoms with Crippen LogP contribution in [0.3, 0.4) is 0 Å². The van der Waals surface area contributed by atoms with E-state index in [4.69, 9.17) is 5.26 Å². The van der Waals surface area contributed by atoms with Crippen molar-refractivity contribution in [3.8, 4) is 6.07 Å². The molecule has 0 bridgehead atoms. The summed E-state index contributed by atoms with van der Waals surface area (Å²) in [5.41, 5.74) is -0.881. The van der Waals surface area contributed by atoms with Gasteiger partial charge in [0.15, 0.2) is 0 Å². The third-order valence-corrected chi connectivity index (χ3v) is 3.90. The number of nitrogens with zero attached hydrogens (tertiary/aromatic N) is 3. The van der Waals surface area contributed by atoms with Crippen LogP contribution in [-0.2, 0) is 4.79 Å². The van der Waals surface area contributed by atoms with Crippen LogP contribution in [0.4, 0.5) is 0 Å². The van der Waals surface area contributed by atoms with Crippen molar-refractivity contribution in [3.63, 3.8) is 0 Å². The van der Waals surface area contributed by atoms with Crippen LogP contribution in [0, 0.1) is 16.7 Å². The summed E-state index contributed by atoms with van der Waals surface area (Å²) in [6.45, 7) is 7.32. The molecule has 2 aliphatic heterocycles. The van der Waals surface area contributed by atoms with Gasteiger partial charge in [-0.3, -0.25) is 9.69 Å². The standard InChI is InChI=1S/C13H21N3O/c1-13(2,10-14)12(17)16-8-4-7-15-6-3-5-11(15)9-16/h11H,3-9H2,1-2H3. The van der Waals surface area contributed by atoms with Crippen LogP contribution in [0.15, 0.2) is 0 Å². The fourth-order valence-corrected chi connectivity index (χ4v) is 2.83. The van der Waals surface area contributed by atoms with E-state index in [1.807, 2.05) is 4.90 Å². The largest absolute Gasteiger partial charge is 0.340 e. The minimum Gasteiger partial charge on any atom is -0.340 e. The highest BCUT2D eigenvalue weighted by Crippen LogP contribution is 2.24. The fourth-order valence-electron chi connectivity index (χ4n) is 2.83. The predicted octanol–water partition coefficient (Wildman–Crippen LogP) is 1.23. The third kappa shape index (κ3) is 2.44. The fraction of sp³-hybridized carbons (Fsp3) is 0.846. The lowest BCUT2D eigenvalue weighted by molar-refractivity contribution is -0.137. The molecule has 0 aromatic rings. The van der Waals surface area contributed by atoms with Gasteiger partial charge in [-0.25, -0.2) is 0 Å². The first-order chi connectivity index (χ1) is 8.04. The topological polar surface area (TPSA) is 47.3 Å². The van der Waals surface area contributed by atoms with E-state index in [0.29, 0.717) is 6.04 Å². The smallest absolute Gasteiger partial charge is 0.242 e. The first kappa shape index (κ1) is 12.4. The Morgan fingerprint density at radius 1 is 1.29 bits per heavy atom. The van der Waals surface area contributed by atoms with Crippen LogP contribution >= 0.6 is 0 Å². The monoisotopic (exact) mass is 235 g/mol. The number of nitriles is 1. The molecule has 0 aromatic carbocycles. The van der Waals surface area contributed by atoms with Gasteiger partial charge in [0.2, 0.25) is 5.91 Å². The highest BCUT2D eigenvalue weighted by Gasteiger charge is 2.36. The molecule has 0 saturated carbocycles. The van der Waals surface area contributed by atoms with Crippen molar-refractivity contribution < 1.29 is 4.79 Å². The molecule has 1 atom stereocenters. The van der Waals surface area contributed by atoms with E-state index in [-0.39, 0.29) is 5.91 Å². The van der Waals surface area contributed by atoms with Gasteiger partial charge in [-0.2, -0.15) is 5.26 Å². The number of amides is 1. The molecule has 2 saturated heterocycles. The number of fused-ring (bicyclic) bond motifs is 1. The molecule has 0 aromatic heterocycles. The van der Waals surface area contributed by atoms with Gasteiger partial charge in [-0.1, -0.05) is 0 Å². The van der Waals surface area contributed by atoms with Gasteiger partial charge in [0.25, 0.3) is 0 Å². The number of hydrogen-bond acceptors (Lipinski definition) is 3. The SMILES string of the molecule is CC(C)(C#N)C(=O)N1CCCN2CCCC2C1. The minimum atomic E-state index is -0.881. The normalized spacial score (nSPS) is 26.2.